The molecule has 4 heterocycles. The van der Waals surface area contributed by atoms with E-state index in [4.69, 9.17) is 9.47 Å². The summed E-state index contributed by atoms with van der Waals surface area (Å²) in [5.41, 5.74) is 2.14. The molecule has 8 nitrogen and oxygen atoms in total. The number of ether oxygens (including phenoxy) is 2. The molecule has 1 aromatic carbocycles. The molecule has 0 atom stereocenters. The van der Waals surface area contributed by atoms with Crippen molar-refractivity contribution in [1.29, 1.82) is 0 Å². The lowest BCUT2D eigenvalue weighted by atomic mass is 10.0. The van der Waals surface area contributed by atoms with Crippen molar-refractivity contribution in [1.82, 2.24) is 9.88 Å². The Kier molecular flexibility index (Phi) is 4.88. The van der Waals surface area contributed by atoms with Crippen LogP contribution in [0.5, 0.6) is 0 Å². The van der Waals surface area contributed by atoms with Crippen LogP contribution in [0.25, 0.3) is 0 Å². The molecule has 3 aliphatic rings. The lowest BCUT2D eigenvalue weighted by Crippen LogP contribution is -2.47. The van der Waals surface area contributed by atoms with Crippen molar-refractivity contribution in [3.8, 4) is 0 Å². The van der Waals surface area contributed by atoms with Crippen molar-refractivity contribution in [2.75, 3.05) is 43.1 Å². The van der Waals surface area contributed by atoms with Gasteiger partial charge in [0.05, 0.1) is 37.6 Å². The van der Waals surface area contributed by atoms with Gasteiger partial charge in [-0.25, -0.2) is 4.98 Å². The van der Waals surface area contributed by atoms with E-state index in [1.165, 1.54) is 0 Å². The fourth-order valence-corrected chi connectivity index (χ4v) is 4.26. The van der Waals surface area contributed by atoms with E-state index in [1.807, 2.05) is 30.3 Å². The van der Waals surface area contributed by atoms with Crippen LogP contribution in [0.1, 0.15) is 28.8 Å². The van der Waals surface area contributed by atoms with E-state index in [0.717, 1.165) is 5.56 Å². The molecule has 1 spiro atoms. The van der Waals surface area contributed by atoms with Crippen LogP contribution in [0.3, 0.4) is 0 Å². The number of hydrogen-bond acceptors (Lipinski definition) is 6. The van der Waals surface area contributed by atoms with E-state index < -0.39 is 5.79 Å². The quantitative estimate of drug-likeness (QED) is 0.837. The van der Waals surface area contributed by atoms with Crippen molar-refractivity contribution in [2.24, 2.45) is 0 Å². The summed E-state index contributed by atoms with van der Waals surface area (Å²) in [6.07, 6.45) is 2.91. The standard InChI is InChI=1S/C22H24N4O4/c27-19-14-24-20-18(26(19)15-16-4-2-1-3-5-16)12-17(13-23-20)21(28)25-8-6-22(7-9-25)29-10-11-30-22/h1-5,12-13H,6-11,14-15H2,(H,23,24). The maximum atomic E-state index is 13.1. The number of piperidine rings is 1. The summed E-state index contributed by atoms with van der Waals surface area (Å²) < 4.78 is 11.5. The zero-order chi connectivity index (χ0) is 20.6. The molecular formula is C22H24N4O4. The molecule has 5 rings (SSSR count). The summed E-state index contributed by atoms with van der Waals surface area (Å²) >= 11 is 0. The van der Waals surface area contributed by atoms with Gasteiger partial charge in [-0.2, -0.15) is 0 Å². The summed E-state index contributed by atoms with van der Waals surface area (Å²) in [6.45, 7) is 2.99. The number of nitrogens with one attached hydrogen (secondary N) is 1. The highest BCUT2D eigenvalue weighted by Crippen LogP contribution is 2.33. The van der Waals surface area contributed by atoms with Crippen LogP contribution >= 0.6 is 0 Å². The average Bonchev–Trinajstić information content (AvgIpc) is 3.24. The van der Waals surface area contributed by atoms with Gasteiger partial charge >= 0.3 is 0 Å². The number of nitrogens with zero attached hydrogens (tertiary/aromatic N) is 3. The van der Waals surface area contributed by atoms with Crippen LogP contribution in [0.15, 0.2) is 42.6 Å². The number of carbonyl (C=O) groups is 2. The van der Waals surface area contributed by atoms with E-state index in [9.17, 15) is 9.59 Å². The molecule has 2 fully saturated rings. The van der Waals surface area contributed by atoms with Crippen LogP contribution < -0.4 is 10.2 Å². The highest BCUT2D eigenvalue weighted by molar-refractivity contribution is 6.04. The minimum absolute atomic E-state index is 0.0480. The molecule has 1 N–H and O–H groups in total. The molecule has 2 aromatic rings. The Morgan fingerprint density at radius 2 is 1.87 bits per heavy atom. The zero-order valence-corrected chi connectivity index (χ0v) is 16.7. The number of pyridine rings is 1. The number of carbonyl (C=O) groups excluding carboxylic acids is 2. The number of likely N-dealkylation sites (tertiary alicyclic amines) is 1. The minimum Gasteiger partial charge on any atom is -0.359 e. The summed E-state index contributed by atoms with van der Waals surface area (Å²) in [7, 11) is 0. The molecule has 0 saturated carbocycles. The lowest BCUT2D eigenvalue weighted by molar-refractivity contribution is -0.181. The maximum Gasteiger partial charge on any atom is 0.255 e. The monoisotopic (exact) mass is 408 g/mol. The highest BCUT2D eigenvalue weighted by Gasteiger charge is 2.41. The predicted octanol–water partition coefficient (Wildman–Crippen LogP) is 2.02. The predicted molar refractivity (Wildman–Crippen MR) is 110 cm³/mol. The van der Waals surface area contributed by atoms with Crippen molar-refractivity contribution >= 4 is 23.3 Å². The van der Waals surface area contributed by atoms with Crippen molar-refractivity contribution in [3.63, 3.8) is 0 Å². The third kappa shape index (κ3) is 3.53. The highest BCUT2D eigenvalue weighted by atomic mass is 16.7. The fraction of sp³-hybridized carbons (Fsp3) is 0.409. The van der Waals surface area contributed by atoms with Crippen LogP contribution in [-0.2, 0) is 20.8 Å². The van der Waals surface area contributed by atoms with Crippen molar-refractivity contribution in [3.05, 3.63) is 53.7 Å². The first kappa shape index (κ1) is 19.0. The Balaban J connectivity index is 1.36. The normalized spacial score (nSPS) is 20.2. The van der Waals surface area contributed by atoms with Gasteiger partial charge in [-0.3, -0.25) is 9.59 Å². The lowest BCUT2D eigenvalue weighted by Gasteiger charge is -2.37. The first-order valence-corrected chi connectivity index (χ1v) is 10.3. The number of anilines is 2. The summed E-state index contributed by atoms with van der Waals surface area (Å²) in [4.78, 5) is 33.6. The largest absolute Gasteiger partial charge is 0.359 e. The van der Waals surface area contributed by atoms with E-state index in [0.29, 0.717) is 62.8 Å². The van der Waals surface area contributed by atoms with Gasteiger partial charge in [-0.15, -0.1) is 0 Å². The van der Waals surface area contributed by atoms with Gasteiger partial charge in [0.25, 0.3) is 5.91 Å². The van der Waals surface area contributed by atoms with Gasteiger partial charge in [0.1, 0.15) is 0 Å². The molecule has 0 radical (unpaired) electrons. The molecule has 2 amide bonds. The third-order valence-corrected chi connectivity index (χ3v) is 5.92. The number of benzene rings is 1. The fourth-order valence-electron chi connectivity index (χ4n) is 4.26. The van der Waals surface area contributed by atoms with Gasteiger partial charge in [0.15, 0.2) is 11.6 Å². The summed E-state index contributed by atoms with van der Waals surface area (Å²) in [5.74, 6) is -0.0373. The number of hydrogen-bond donors (Lipinski definition) is 1. The topological polar surface area (TPSA) is 84.0 Å². The maximum absolute atomic E-state index is 13.1. The Bertz CT molecular complexity index is 949. The second-order valence-corrected chi connectivity index (χ2v) is 7.81. The van der Waals surface area contributed by atoms with Crippen LogP contribution in [0.4, 0.5) is 11.5 Å². The third-order valence-electron chi connectivity index (χ3n) is 5.92. The Hall–Kier alpha value is -2.97. The van der Waals surface area contributed by atoms with E-state index in [2.05, 4.69) is 10.3 Å². The average molecular weight is 408 g/mol. The molecule has 156 valence electrons. The number of rotatable bonds is 3. The van der Waals surface area contributed by atoms with E-state index in [-0.39, 0.29) is 18.4 Å². The first-order chi connectivity index (χ1) is 14.6. The summed E-state index contributed by atoms with van der Waals surface area (Å²) in [6, 6.07) is 11.6. The molecule has 0 aliphatic carbocycles. The Morgan fingerprint density at radius 3 is 2.60 bits per heavy atom. The molecule has 0 bridgehead atoms. The first-order valence-electron chi connectivity index (χ1n) is 10.3. The molecular weight excluding hydrogens is 384 g/mol. The second kappa shape index (κ2) is 7.70. The smallest absolute Gasteiger partial charge is 0.255 e. The molecule has 8 heteroatoms. The van der Waals surface area contributed by atoms with Gasteiger partial charge in [0, 0.05) is 32.1 Å². The van der Waals surface area contributed by atoms with Gasteiger partial charge in [-0.1, -0.05) is 30.3 Å². The second-order valence-electron chi connectivity index (χ2n) is 7.81. The molecule has 3 aliphatic heterocycles. The van der Waals surface area contributed by atoms with Gasteiger partial charge < -0.3 is 24.6 Å². The molecule has 2 saturated heterocycles. The van der Waals surface area contributed by atoms with Gasteiger partial charge in [0.2, 0.25) is 5.91 Å². The number of aromatic nitrogens is 1. The zero-order valence-electron chi connectivity index (χ0n) is 16.7. The van der Waals surface area contributed by atoms with Crippen molar-refractivity contribution in [2.45, 2.75) is 25.2 Å². The van der Waals surface area contributed by atoms with Gasteiger partial charge in [-0.05, 0) is 11.6 Å². The number of fused-ring (bicyclic) bond motifs is 1. The van der Waals surface area contributed by atoms with Crippen LogP contribution in [0, 0.1) is 0 Å². The molecule has 1 aromatic heterocycles. The van der Waals surface area contributed by atoms with E-state index in [1.54, 1.807) is 22.1 Å². The minimum atomic E-state index is -0.520. The SMILES string of the molecule is O=C(c1cnc2c(c1)N(Cc1ccccc1)C(=O)CN2)N1CCC2(CC1)OCCO2. The Morgan fingerprint density at radius 1 is 1.13 bits per heavy atom. The summed E-state index contributed by atoms with van der Waals surface area (Å²) in [5, 5.41) is 3.05. The number of amides is 2. The van der Waals surface area contributed by atoms with Crippen LogP contribution in [-0.4, -0.2) is 60.3 Å². The van der Waals surface area contributed by atoms with Crippen LogP contribution in [0.2, 0.25) is 0 Å². The molecule has 30 heavy (non-hydrogen) atoms. The molecule has 0 unspecified atom stereocenters. The Labute approximate surface area is 174 Å². The van der Waals surface area contributed by atoms with E-state index >= 15 is 0 Å². The van der Waals surface area contributed by atoms with Crippen molar-refractivity contribution < 1.29 is 19.1 Å².